The van der Waals surface area contributed by atoms with Crippen molar-refractivity contribution in [3.8, 4) is 5.75 Å². The van der Waals surface area contributed by atoms with E-state index in [1.807, 2.05) is 21.9 Å². The lowest BCUT2D eigenvalue weighted by atomic mass is 10.1. The van der Waals surface area contributed by atoms with Crippen molar-refractivity contribution in [2.45, 2.75) is 18.9 Å². The maximum atomic E-state index is 12.6. The third-order valence-electron chi connectivity index (χ3n) is 5.07. The Bertz CT molecular complexity index is 668. The lowest BCUT2D eigenvalue weighted by molar-refractivity contribution is -0.140. The Hall–Kier alpha value is -1.73. The maximum Gasteiger partial charge on any atom is 0.240 e. The van der Waals surface area contributed by atoms with Gasteiger partial charge in [-0.15, -0.1) is 11.8 Å². The van der Waals surface area contributed by atoms with E-state index in [1.54, 1.807) is 11.8 Å². The fraction of sp³-hybridized carbons (Fsp3) is 0.556. The van der Waals surface area contributed by atoms with Gasteiger partial charge in [0.15, 0.2) is 0 Å². The second kappa shape index (κ2) is 7.25. The molecule has 25 heavy (non-hydrogen) atoms. The summed E-state index contributed by atoms with van der Waals surface area (Å²) in [6.45, 7) is 3.24. The van der Waals surface area contributed by atoms with Crippen LogP contribution in [0.15, 0.2) is 18.2 Å². The number of fused-ring (bicyclic) bond motifs is 1. The van der Waals surface area contributed by atoms with Crippen molar-refractivity contribution in [3.05, 3.63) is 29.3 Å². The van der Waals surface area contributed by atoms with Gasteiger partial charge in [-0.25, -0.2) is 0 Å². The molecular formula is C18H23N3O3S. The summed E-state index contributed by atoms with van der Waals surface area (Å²) < 4.78 is 5.51. The summed E-state index contributed by atoms with van der Waals surface area (Å²) in [6.07, 6.45) is 1.34. The molecule has 0 spiro atoms. The van der Waals surface area contributed by atoms with Gasteiger partial charge in [-0.1, -0.05) is 12.1 Å². The zero-order valence-corrected chi connectivity index (χ0v) is 15.0. The number of hydrogen-bond acceptors (Lipinski definition) is 5. The molecular weight excluding hydrogens is 338 g/mol. The van der Waals surface area contributed by atoms with Gasteiger partial charge >= 0.3 is 0 Å². The van der Waals surface area contributed by atoms with Crippen LogP contribution in [0.2, 0.25) is 0 Å². The van der Waals surface area contributed by atoms with E-state index in [1.165, 1.54) is 5.56 Å². The third-order valence-corrected chi connectivity index (χ3v) is 6.01. The van der Waals surface area contributed by atoms with Crippen LogP contribution in [0.3, 0.4) is 0 Å². The third kappa shape index (κ3) is 3.62. The molecule has 3 heterocycles. The van der Waals surface area contributed by atoms with E-state index in [2.05, 4.69) is 11.4 Å². The highest BCUT2D eigenvalue weighted by atomic mass is 32.2. The summed E-state index contributed by atoms with van der Waals surface area (Å²) in [5, 5.41) is 3.22. The molecule has 6 nitrogen and oxygen atoms in total. The van der Waals surface area contributed by atoms with E-state index in [0.717, 1.165) is 36.0 Å². The molecule has 1 unspecified atom stereocenters. The molecule has 0 radical (unpaired) electrons. The standard InChI is InChI=1S/C18H23N3O3S/c22-17(10-13-1-2-16-14(9-13)3-8-24-16)20-4-6-21(7-5-20)18(23)15-11-25-12-19-15/h1-2,9,15,19H,3-8,10-12H2. The molecule has 2 amide bonds. The number of carbonyl (C=O) groups is 2. The number of nitrogens with zero attached hydrogens (tertiary/aromatic N) is 2. The predicted molar refractivity (Wildman–Crippen MR) is 96.8 cm³/mol. The number of ether oxygens (including phenoxy) is 1. The Balaban J connectivity index is 1.30. The molecule has 1 aromatic carbocycles. The lowest BCUT2D eigenvalue weighted by Gasteiger charge is -2.36. The number of nitrogens with one attached hydrogen (secondary N) is 1. The first-order valence-electron chi connectivity index (χ1n) is 8.83. The molecule has 7 heteroatoms. The summed E-state index contributed by atoms with van der Waals surface area (Å²) >= 11 is 1.76. The van der Waals surface area contributed by atoms with Gasteiger partial charge in [0.05, 0.1) is 19.1 Å². The Labute approximate surface area is 151 Å². The first-order chi connectivity index (χ1) is 12.2. The molecule has 1 N–H and O–H groups in total. The number of hydrogen-bond donors (Lipinski definition) is 1. The monoisotopic (exact) mass is 361 g/mol. The van der Waals surface area contributed by atoms with Crippen molar-refractivity contribution in [3.63, 3.8) is 0 Å². The number of rotatable bonds is 3. The van der Waals surface area contributed by atoms with E-state index < -0.39 is 0 Å². The van der Waals surface area contributed by atoms with E-state index in [0.29, 0.717) is 32.6 Å². The van der Waals surface area contributed by atoms with Gasteiger partial charge in [-0.05, 0) is 17.2 Å². The quantitative estimate of drug-likeness (QED) is 0.849. The van der Waals surface area contributed by atoms with Crippen LogP contribution in [-0.2, 0) is 22.4 Å². The SMILES string of the molecule is O=C(Cc1ccc2c(c1)CCO2)N1CCN(C(=O)C2CSCN2)CC1. The summed E-state index contributed by atoms with van der Waals surface area (Å²) in [4.78, 5) is 28.8. The average Bonchev–Trinajstić information content (AvgIpc) is 3.32. The predicted octanol–water partition coefficient (Wildman–Crippen LogP) is 0.497. The molecule has 2 saturated heterocycles. The van der Waals surface area contributed by atoms with Gasteiger partial charge < -0.3 is 14.5 Å². The van der Waals surface area contributed by atoms with Crippen molar-refractivity contribution in [2.24, 2.45) is 0 Å². The van der Waals surface area contributed by atoms with Gasteiger partial charge in [0.2, 0.25) is 11.8 Å². The summed E-state index contributed by atoms with van der Waals surface area (Å²) in [6, 6.07) is 5.98. The first kappa shape index (κ1) is 16.7. The van der Waals surface area contributed by atoms with Gasteiger partial charge in [0, 0.05) is 44.2 Å². The molecule has 4 rings (SSSR count). The second-order valence-corrected chi connectivity index (χ2v) is 7.73. The van der Waals surface area contributed by atoms with Crippen LogP contribution < -0.4 is 10.1 Å². The average molecular weight is 361 g/mol. The largest absolute Gasteiger partial charge is 0.493 e. The molecule has 1 atom stereocenters. The van der Waals surface area contributed by atoms with Crippen molar-refractivity contribution in [1.29, 1.82) is 0 Å². The van der Waals surface area contributed by atoms with Crippen LogP contribution in [0.5, 0.6) is 5.75 Å². The second-order valence-electron chi connectivity index (χ2n) is 6.70. The van der Waals surface area contributed by atoms with E-state index in [9.17, 15) is 9.59 Å². The van der Waals surface area contributed by atoms with Crippen molar-refractivity contribution in [2.75, 3.05) is 44.4 Å². The minimum atomic E-state index is -0.0547. The van der Waals surface area contributed by atoms with E-state index >= 15 is 0 Å². The molecule has 0 aliphatic carbocycles. The van der Waals surface area contributed by atoms with Crippen molar-refractivity contribution >= 4 is 23.6 Å². The number of thioether (sulfide) groups is 1. The fourth-order valence-electron chi connectivity index (χ4n) is 3.59. The van der Waals surface area contributed by atoms with Crippen molar-refractivity contribution < 1.29 is 14.3 Å². The van der Waals surface area contributed by atoms with Crippen LogP contribution in [0.25, 0.3) is 0 Å². The molecule has 0 saturated carbocycles. The highest BCUT2D eigenvalue weighted by Gasteiger charge is 2.30. The molecule has 2 fully saturated rings. The van der Waals surface area contributed by atoms with Gasteiger partial charge in [0.1, 0.15) is 5.75 Å². The topological polar surface area (TPSA) is 61.9 Å². The summed E-state index contributed by atoms with van der Waals surface area (Å²) in [5.74, 6) is 2.96. The normalized spacial score (nSPS) is 22.6. The summed E-state index contributed by atoms with van der Waals surface area (Å²) in [7, 11) is 0. The van der Waals surface area contributed by atoms with Crippen molar-refractivity contribution in [1.82, 2.24) is 15.1 Å². The van der Waals surface area contributed by atoms with Crippen LogP contribution >= 0.6 is 11.8 Å². The number of amides is 2. The molecule has 1 aromatic rings. The van der Waals surface area contributed by atoms with E-state index in [4.69, 9.17) is 4.74 Å². The molecule has 0 bridgehead atoms. The molecule has 0 aromatic heterocycles. The summed E-state index contributed by atoms with van der Waals surface area (Å²) in [5.41, 5.74) is 2.24. The highest BCUT2D eigenvalue weighted by molar-refractivity contribution is 7.99. The number of carbonyl (C=O) groups excluding carboxylic acids is 2. The fourth-order valence-corrected chi connectivity index (χ4v) is 4.52. The lowest BCUT2D eigenvalue weighted by Crippen LogP contribution is -2.54. The smallest absolute Gasteiger partial charge is 0.240 e. The Morgan fingerprint density at radius 2 is 2.00 bits per heavy atom. The van der Waals surface area contributed by atoms with Gasteiger partial charge in [0.25, 0.3) is 0 Å². The maximum absolute atomic E-state index is 12.6. The van der Waals surface area contributed by atoms with E-state index in [-0.39, 0.29) is 17.9 Å². The number of benzene rings is 1. The minimum Gasteiger partial charge on any atom is -0.493 e. The van der Waals surface area contributed by atoms with Gasteiger partial charge in [-0.2, -0.15) is 0 Å². The Morgan fingerprint density at radius 1 is 1.20 bits per heavy atom. The zero-order chi connectivity index (χ0) is 17.2. The van der Waals surface area contributed by atoms with Crippen LogP contribution in [0.4, 0.5) is 0 Å². The molecule has 3 aliphatic heterocycles. The Morgan fingerprint density at radius 3 is 2.76 bits per heavy atom. The van der Waals surface area contributed by atoms with Gasteiger partial charge in [-0.3, -0.25) is 14.9 Å². The first-order valence-corrected chi connectivity index (χ1v) is 9.98. The van der Waals surface area contributed by atoms with Crippen LogP contribution in [-0.4, -0.2) is 72.1 Å². The number of piperazine rings is 1. The molecule has 134 valence electrons. The molecule has 3 aliphatic rings. The minimum absolute atomic E-state index is 0.0547. The van der Waals surface area contributed by atoms with Crippen LogP contribution in [0.1, 0.15) is 11.1 Å². The highest BCUT2D eigenvalue weighted by Crippen LogP contribution is 2.26. The Kier molecular flexibility index (Phi) is 4.85. The van der Waals surface area contributed by atoms with Crippen LogP contribution in [0, 0.1) is 0 Å². The zero-order valence-electron chi connectivity index (χ0n) is 14.2.